The Bertz CT molecular complexity index is 1090. The van der Waals surface area contributed by atoms with E-state index in [-0.39, 0.29) is 18.1 Å². The lowest BCUT2D eigenvalue weighted by molar-refractivity contribution is -0.137. The highest BCUT2D eigenvalue weighted by atomic mass is 79.9. The predicted octanol–water partition coefficient (Wildman–Crippen LogP) is 2.80. The second-order valence-corrected chi connectivity index (χ2v) is 8.35. The first kappa shape index (κ1) is 22.3. The Morgan fingerprint density at radius 3 is 2.62 bits per heavy atom. The molecule has 0 aromatic heterocycles. The van der Waals surface area contributed by atoms with Gasteiger partial charge in [0.25, 0.3) is 17.7 Å². The van der Waals surface area contributed by atoms with Crippen molar-refractivity contribution in [3.63, 3.8) is 0 Å². The van der Waals surface area contributed by atoms with Gasteiger partial charge >= 0.3 is 0 Å². The molecule has 10 heteroatoms. The van der Waals surface area contributed by atoms with Crippen molar-refractivity contribution in [2.45, 2.75) is 0 Å². The van der Waals surface area contributed by atoms with Gasteiger partial charge in [-0.3, -0.25) is 19.8 Å². The van der Waals surface area contributed by atoms with Crippen molar-refractivity contribution in [1.29, 1.82) is 0 Å². The average molecular weight is 521 g/mol. The van der Waals surface area contributed by atoms with Crippen LogP contribution < -0.4 is 15.2 Å². The molecule has 2 aromatic carbocycles. The minimum atomic E-state index is -0.551. The molecule has 0 spiro atoms. The number of halogens is 2. The SMILES string of the molecule is O=C1NN(c2ccccc2)C(=O)/C1=C\c1cc(Cl)cc(Br)c1OCC(=O)N1CCOCC1. The van der Waals surface area contributed by atoms with Crippen LogP contribution in [0.1, 0.15) is 5.56 Å². The van der Waals surface area contributed by atoms with Gasteiger partial charge in [-0.15, -0.1) is 0 Å². The number of hydrogen-bond acceptors (Lipinski definition) is 5. The first-order valence-corrected chi connectivity index (χ1v) is 11.0. The lowest BCUT2D eigenvalue weighted by Gasteiger charge is -2.27. The van der Waals surface area contributed by atoms with E-state index in [9.17, 15) is 14.4 Å². The van der Waals surface area contributed by atoms with Crippen LogP contribution in [0.2, 0.25) is 5.02 Å². The topological polar surface area (TPSA) is 88.2 Å². The molecule has 0 unspecified atom stereocenters. The molecule has 2 aliphatic rings. The van der Waals surface area contributed by atoms with Gasteiger partial charge in [-0.05, 0) is 46.3 Å². The van der Waals surface area contributed by atoms with Gasteiger partial charge in [-0.1, -0.05) is 29.8 Å². The fraction of sp³-hybridized carbons (Fsp3) is 0.227. The summed E-state index contributed by atoms with van der Waals surface area (Å²) in [6.45, 7) is 1.79. The number of carbonyl (C=O) groups is 3. The second kappa shape index (κ2) is 9.72. The molecule has 4 rings (SSSR count). The molecule has 0 radical (unpaired) electrons. The van der Waals surface area contributed by atoms with Crippen LogP contribution in [0.5, 0.6) is 5.75 Å². The van der Waals surface area contributed by atoms with Gasteiger partial charge in [0, 0.05) is 23.7 Å². The van der Waals surface area contributed by atoms with Crippen molar-refractivity contribution in [3.05, 3.63) is 63.1 Å². The Hall–Kier alpha value is -2.88. The van der Waals surface area contributed by atoms with Gasteiger partial charge < -0.3 is 14.4 Å². The van der Waals surface area contributed by atoms with Gasteiger partial charge in [-0.25, -0.2) is 5.01 Å². The van der Waals surface area contributed by atoms with Gasteiger partial charge in [0.05, 0.1) is 23.4 Å². The maximum Gasteiger partial charge on any atom is 0.282 e. The minimum absolute atomic E-state index is 0.0765. The Labute approximate surface area is 197 Å². The van der Waals surface area contributed by atoms with Gasteiger partial charge in [0.15, 0.2) is 6.61 Å². The van der Waals surface area contributed by atoms with E-state index in [1.165, 1.54) is 11.1 Å². The highest BCUT2D eigenvalue weighted by Gasteiger charge is 2.34. The lowest BCUT2D eigenvalue weighted by atomic mass is 10.1. The summed E-state index contributed by atoms with van der Waals surface area (Å²) in [6.07, 6.45) is 1.41. The quantitative estimate of drug-likeness (QED) is 0.484. The van der Waals surface area contributed by atoms with Crippen LogP contribution >= 0.6 is 27.5 Å². The molecule has 2 aromatic rings. The summed E-state index contributed by atoms with van der Waals surface area (Å²) in [4.78, 5) is 39.6. The zero-order valence-corrected chi connectivity index (χ0v) is 19.2. The Morgan fingerprint density at radius 2 is 1.91 bits per heavy atom. The average Bonchev–Trinajstić information content (AvgIpc) is 3.07. The zero-order valence-electron chi connectivity index (χ0n) is 16.8. The molecule has 2 heterocycles. The molecule has 0 bridgehead atoms. The zero-order chi connectivity index (χ0) is 22.7. The molecular formula is C22H19BrClN3O5. The number of nitrogens with one attached hydrogen (secondary N) is 1. The second-order valence-electron chi connectivity index (χ2n) is 7.06. The van der Waals surface area contributed by atoms with Crippen LogP contribution in [0.15, 0.2) is 52.5 Å². The Balaban J connectivity index is 1.59. The number of ether oxygens (including phenoxy) is 2. The molecule has 2 aliphatic heterocycles. The largest absolute Gasteiger partial charge is 0.482 e. The number of anilines is 1. The number of benzene rings is 2. The van der Waals surface area contributed by atoms with Crippen molar-refractivity contribution < 1.29 is 23.9 Å². The molecule has 0 saturated carbocycles. The van der Waals surface area contributed by atoms with Crippen LogP contribution in [-0.2, 0) is 19.1 Å². The third-order valence-electron chi connectivity index (χ3n) is 4.95. The number of hydrogen-bond donors (Lipinski definition) is 1. The monoisotopic (exact) mass is 519 g/mol. The molecule has 8 nitrogen and oxygen atoms in total. The number of nitrogens with zero attached hydrogens (tertiary/aromatic N) is 2. The molecule has 32 heavy (non-hydrogen) atoms. The molecule has 0 aliphatic carbocycles. The minimum Gasteiger partial charge on any atom is -0.482 e. The lowest BCUT2D eigenvalue weighted by Crippen LogP contribution is -2.43. The number of carbonyl (C=O) groups excluding carboxylic acids is 3. The standard InChI is InChI=1S/C22H19BrClN3O5/c23-18-12-15(24)10-14(20(18)32-13-19(28)26-6-8-31-9-7-26)11-17-21(29)25-27(22(17)30)16-4-2-1-3-5-16/h1-5,10-12H,6-9,13H2,(H,25,29)/b17-11-. The molecule has 1 N–H and O–H groups in total. The molecule has 2 saturated heterocycles. The summed E-state index contributed by atoms with van der Waals surface area (Å²) in [6, 6.07) is 12.0. The van der Waals surface area contributed by atoms with Gasteiger partial charge in [-0.2, -0.15) is 0 Å². The van der Waals surface area contributed by atoms with E-state index in [2.05, 4.69) is 21.4 Å². The fourth-order valence-corrected chi connectivity index (χ4v) is 4.30. The Kier molecular flexibility index (Phi) is 6.78. The third kappa shape index (κ3) is 4.79. The van der Waals surface area contributed by atoms with Crippen molar-refractivity contribution in [1.82, 2.24) is 10.3 Å². The van der Waals surface area contributed by atoms with Crippen LogP contribution in [0.25, 0.3) is 6.08 Å². The van der Waals surface area contributed by atoms with E-state index >= 15 is 0 Å². The highest BCUT2D eigenvalue weighted by Crippen LogP contribution is 2.35. The van der Waals surface area contributed by atoms with Gasteiger partial charge in [0.1, 0.15) is 11.3 Å². The number of hydrazine groups is 1. The number of rotatable bonds is 5. The van der Waals surface area contributed by atoms with E-state index < -0.39 is 11.8 Å². The normalized spacial score (nSPS) is 17.6. The third-order valence-corrected chi connectivity index (χ3v) is 5.75. The smallest absolute Gasteiger partial charge is 0.282 e. The van der Waals surface area contributed by atoms with E-state index in [0.717, 1.165) is 0 Å². The summed E-state index contributed by atoms with van der Waals surface area (Å²) in [7, 11) is 0. The van der Waals surface area contributed by atoms with Crippen molar-refractivity contribution >= 4 is 57.0 Å². The highest BCUT2D eigenvalue weighted by molar-refractivity contribution is 9.10. The maximum absolute atomic E-state index is 12.9. The van der Waals surface area contributed by atoms with Crippen LogP contribution in [-0.4, -0.2) is 55.5 Å². The van der Waals surface area contributed by atoms with Crippen LogP contribution in [0.3, 0.4) is 0 Å². The van der Waals surface area contributed by atoms with Crippen molar-refractivity contribution in [2.24, 2.45) is 0 Å². The molecule has 0 atom stereocenters. The molecule has 3 amide bonds. The predicted molar refractivity (Wildman–Crippen MR) is 122 cm³/mol. The summed E-state index contributed by atoms with van der Waals surface area (Å²) >= 11 is 9.58. The fourth-order valence-electron chi connectivity index (χ4n) is 3.35. The number of amides is 3. The van der Waals surface area contributed by atoms with Crippen molar-refractivity contribution in [3.8, 4) is 5.75 Å². The molecule has 166 valence electrons. The first-order valence-electron chi connectivity index (χ1n) is 9.83. The summed E-state index contributed by atoms with van der Waals surface area (Å²) in [5.74, 6) is -0.932. The van der Waals surface area contributed by atoms with E-state index in [1.54, 1.807) is 41.3 Å². The van der Waals surface area contributed by atoms with E-state index in [1.807, 2.05) is 6.07 Å². The van der Waals surface area contributed by atoms with Crippen LogP contribution in [0.4, 0.5) is 5.69 Å². The summed E-state index contributed by atoms with van der Waals surface area (Å²) in [5.41, 5.74) is 3.41. The van der Waals surface area contributed by atoms with E-state index in [0.29, 0.717) is 52.8 Å². The van der Waals surface area contributed by atoms with Gasteiger partial charge in [0.2, 0.25) is 0 Å². The molecular weight excluding hydrogens is 502 g/mol. The van der Waals surface area contributed by atoms with Crippen molar-refractivity contribution in [2.75, 3.05) is 37.9 Å². The first-order chi connectivity index (χ1) is 15.4. The summed E-state index contributed by atoms with van der Waals surface area (Å²) in [5, 5.41) is 1.55. The number of morpholine rings is 1. The maximum atomic E-state index is 12.9. The molecule has 2 fully saturated rings. The van der Waals surface area contributed by atoms with Crippen LogP contribution in [0, 0.1) is 0 Å². The summed E-state index contributed by atoms with van der Waals surface area (Å²) < 4.78 is 11.5. The number of para-hydroxylation sites is 1. The Morgan fingerprint density at radius 1 is 1.19 bits per heavy atom. The van der Waals surface area contributed by atoms with E-state index in [4.69, 9.17) is 21.1 Å².